The highest BCUT2D eigenvalue weighted by atomic mass is 16.5. The van der Waals surface area contributed by atoms with Gasteiger partial charge in [-0.1, -0.05) is 26.8 Å². The summed E-state index contributed by atoms with van der Waals surface area (Å²) in [7, 11) is 0. The van der Waals surface area contributed by atoms with Crippen molar-refractivity contribution >= 4 is 0 Å². The molecule has 2 nitrogen and oxygen atoms in total. The second-order valence-corrected chi connectivity index (χ2v) is 9.57. The fourth-order valence-electron chi connectivity index (χ4n) is 7.02. The SMILES string of the molecule is CCCOCC[C@H]1CCC2C3C(C)Cc4cc(O)ccc4C3CC[C@@]21C. The first-order valence-electron chi connectivity index (χ1n) is 10.9. The summed E-state index contributed by atoms with van der Waals surface area (Å²) >= 11 is 0. The monoisotopic (exact) mass is 356 g/mol. The predicted molar refractivity (Wildman–Crippen MR) is 106 cm³/mol. The first-order chi connectivity index (χ1) is 12.5. The molecule has 6 atom stereocenters. The number of rotatable bonds is 5. The van der Waals surface area contributed by atoms with E-state index in [1.807, 2.05) is 12.1 Å². The fourth-order valence-corrected chi connectivity index (χ4v) is 7.02. The Kier molecular flexibility index (Phi) is 5.07. The molecule has 0 spiro atoms. The van der Waals surface area contributed by atoms with Crippen LogP contribution in [0.5, 0.6) is 5.75 Å². The van der Waals surface area contributed by atoms with E-state index in [4.69, 9.17) is 4.74 Å². The minimum Gasteiger partial charge on any atom is -0.508 e. The first-order valence-corrected chi connectivity index (χ1v) is 10.9. The number of benzene rings is 1. The van der Waals surface area contributed by atoms with Crippen LogP contribution in [0.25, 0.3) is 0 Å². The Labute approximate surface area is 159 Å². The molecule has 1 N–H and O–H groups in total. The van der Waals surface area contributed by atoms with Crippen LogP contribution in [0.4, 0.5) is 0 Å². The van der Waals surface area contributed by atoms with Gasteiger partial charge in [0.25, 0.3) is 0 Å². The van der Waals surface area contributed by atoms with E-state index in [2.05, 4.69) is 26.8 Å². The van der Waals surface area contributed by atoms with Gasteiger partial charge in [0.05, 0.1) is 0 Å². The third-order valence-electron chi connectivity index (χ3n) is 8.21. The highest BCUT2D eigenvalue weighted by Gasteiger charge is 2.55. The molecule has 1 aromatic rings. The second-order valence-electron chi connectivity index (χ2n) is 9.57. The fraction of sp³-hybridized carbons (Fsp3) is 0.750. The molecule has 26 heavy (non-hydrogen) atoms. The standard InChI is InChI=1S/C24H36O2/c1-4-12-26-13-10-18-5-8-22-23-16(2)14-17-15-19(25)6-7-20(17)21(23)9-11-24(18,22)3/h6-7,15-16,18,21-23,25H,4-5,8-14H2,1-3H3/t16?,18-,21?,22?,23?,24-/m1/s1. The molecule has 2 saturated carbocycles. The Hall–Kier alpha value is -1.02. The summed E-state index contributed by atoms with van der Waals surface area (Å²) in [5.74, 6) is 4.42. The van der Waals surface area contributed by atoms with E-state index in [1.54, 1.807) is 5.56 Å². The van der Waals surface area contributed by atoms with Crippen molar-refractivity contribution in [1.29, 1.82) is 0 Å². The van der Waals surface area contributed by atoms with Crippen LogP contribution in [0.1, 0.15) is 76.3 Å². The number of hydrogen-bond donors (Lipinski definition) is 1. The molecule has 0 bridgehead atoms. The summed E-state index contributed by atoms with van der Waals surface area (Å²) in [5.41, 5.74) is 3.46. The van der Waals surface area contributed by atoms with Gasteiger partial charge in [-0.05, 0) is 103 Å². The van der Waals surface area contributed by atoms with Crippen molar-refractivity contribution < 1.29 is 9.84 Å². The van der Waals surface area contributed by atoms with Crippen molar-refractivity contribution in [2.75, 3.05) is 13.2 Å². The lowest BCUT2D eigenvalue weighted by atomic mass is 9.51. The van der Waals surface area contributed by atoms with E-state index < -0.39 is 0 Å². The molecular weight excluding hydrogens is 320 g/mol. The molecule has 3 aliphatic rings. The van der Waals surface area contributed by atoms with Crippen LogP contribution in [0.2, 0.25) is 0 Å². The molecular formula is C24H36O2. The zero-order chi connectivity index (χ0) is 18.3. The van der Waals surface area contributed by atoms with Crippen molar-refractivity contribution in [2.45, 2.75) is 71.6 Å². The molecule has 144 valence electrons. The van der Waals surface area contributed by atoms with E-state index in [-0.39, 0.29) is 0 Å². The Bertz CT molecular complexity index is 639. The van der Waals surface area contributed by atoms with Gasteiger partial charge in [0.15, 0.2) is 0 Å². The average molecular weight is 357 g/mol. The lowest BCUT2D eigenvalue weighted by molar-refractivity contribution is -0.00423. The van der Waals surface area contributed by atoms with Gasteiger partial charge < -0.3 is 9.84 Å². The zero-order valence-corrected chi connectivity index (χ0v) is 16.8. The lowest BCUT2D eigenvalue weighted by Gasteiger charge is -2.53. The average Bonchev–Trinajstić information content (AvgIpc) is 2.95. The van der Waals surface area contributed by atoms with Gasteiger partial charge in [-0.2, -0.15) is 0 Å². The molecule has 0 saturated heterocycles. The van der Waals surface area contributed by atoms with Crippen LogP contribution in [-0.4, -0.2) is 18.3 Å². The van der Waals surface area contributed by atoms with Crippen LogP contribution in [-0.2, 0) is 11.2 Å². The Morgan fingerprint density at radius 3 is 2.85 bits per heavy atom. The number of ether oxygens (including phenoxy) is 1. The third kappa shape index (κ3) is 2.99. The first kappa shape index (κ1) is 18.3. The molecule has 2 fully saturated rings. The number of hydrogen-bond acceptors (Lipinski definition) is 2. The number of aromatic hydroxyl groups is 1. The number of phenolic OH excluding ortho intramolecular Hbond substituents is 1. The van der Waals surface area contributed by atoms with E-state index >= 15 is 0 Å². The third-order valence-corrected chi connectivity index (χ3v) is 8.21. The predicted octanol–water partition coefficient (Wildman–Crippen LogP) is 5.93. The molecule has 0 aliphatic heterocycles. The molecule has 0 heterocycles. The van der Waals surface area contributed by atoms with E-state index in [1.165, 1.54) is 37.7 Å². The van der Waals surface area contributed by atoms with Gasteiger partial charge in [-0.25, -0.2) is 0 Å². The van der Waals surface area contributed by atoms with Crippen LogP contribution >= 0.6 is 0 Å². The molecule has 0 radical (unpaired) electrons. The summed E-state index contributed by atoms with van der Waals surface area (Å²) < 4.78 is 5.83. The van der Waals surface area contributed by atoms with Gasteiger partial charge in [0, 0.05) is 13.2 Å². The van der Waals surface area contributed by atoms with Crippen LogP contribution in [0.3, 0.4) is 0 Å². The summed E-state index contributed by atoms with van der Waals surface area (Å²) in [6.07, 6.45) is 9.02. The van der Waals surface area contributed by atoms with Gasteiger partial charge in [0.2, 0.25) is 0 Å². The lowest BCUT2D eigenvalue weighted by Crippen LogP contribution is -2.45. The van der Waals surface area contributed by atoms with E-state index in [0.717, 1.165) is 49.7 Å². The van der Waals surface area contributed by atoms with Crippen LogP contribution in [0.15, 0.2) is 18.2 Å². The minimum atomic E-state index is 0.433. The van der Waals surface area contributed by atoms with Crippen molar-refractivity contribution in [2.24, 2.45) is 29.1 Å². The molecule has 1 aromatic carbocycles. The normalized spacial score (nSPS) is 38.5. The van der Waals surface area contributed by atoms with Crippen molar-refractivity contribution in [3.63, 3.8) is 0 Å². The minimum absolute atomic E-state index is 0.433. The quantitative estimate of drug-likeness (QED) is 0.663. The van der Waals surface area contributed by atoms with Gasteiger partial charge in [0.1, 0.15) is 5.75 Å². The summed E-state index contributed by atoms with van der Waals surface area (Å²) in [4.78, 5) is 0. The second kappa shape index (κ2) is 7.19. The molecule has 0 amide bonds. The molecule has 4 unspecified atom stereocenters. The molecule has 2 heteroatoms. The smallest absolute Gasteiger partial charge is 0.115 e. The molecule has 4 rings (SSSR count). The Morgan fingerprint density at radius 1 is 1.19 bits per heavy atom. The Morgan fingerprint density at radius 2 is 2.04 bits per heavy atom. The largest absolute Gasteiger partial charge is 0.508 e. The van der Waals surface area contributed by atoms with Gasteiger partial charge in [-0.3, -0.25) is 0 Å². The van der Waals surface area contributed by atoms with Crippen molar-refractivity contribution in [3.8, 4) is 5.75 Å². The van der Waals surface area contributed by atoms with E-state index in [9.17, 15) is 5.11 Å². The summed E-state index contributed by atoms with van der Waals surface area (Å²) in [6.45, 7) is 9.12. The Balaban J connectivity index is 1.54. The van der Waals surface area contributed by atoms with Crippen LogP contribution in [0, 0.1) is 29.1 Å². The number of fused-ring (bicyclic) bond motifs is 5. The molecule has 3 aliphatic carbocycles. The maximum absolute atomic E-state index is 9.91. The van der Waals surface area contributed by atoms with Gasteiger partial charge >= 0.3 is 0 Å². The van der Waals surface area contributed by atoms with Gasteiger partial charge in [-0.15, -0.1) is 0 Å². The maximum Gasteiger partial charge on any atom is 0.115 e. The van der Waals surface area contributed by atoms with Crippen molar-refractivity contribution in [3.05, 3.63) is 29.3 Å². The highest BCUT2D eigenvalue weighted by Crippen LogP contribution is 2.64. The zero-order valence-electron chi connectivity index (χ0n) is 16.8. The van der Waals surface area contributed by atoms with Crippen LogP contribution < -0.4 is 0 Å². The summed E-state index contributed by atoms with van der Waals surface area (Å²) in [6, 6.07) is 6.16. The number of phenols is 1. The van der Waals surface area contributed by atoms with Crippen molar-refractivity contribution in [1.82, 2.24) is 0 Å². The van der Waals surface area contributed by atoms with E-state index in [0.29, 0.717) is 17.1 Å². The topological polar surface area (TPSA) is 29.5 Å². The highest BCUT2D eigenvalue weighted by molar-refractivity contribution is 5.40. The molecule has 0 aromatic heterocycles. The summed E-state index contributed by atoms with van der Waals surface area (Å²) in [5, 5.41) is 9.91. The maximum atomic E-state index is 9.91.